The molecule has 1 aromatic carbocycles. The van der Waals surface area contributed by atoms with Crippen molar-refractivity contribution < 1.29 is 9.15 Å². The number of halogens is 1. The largest absolute Gasteiger partial charge is 0.489 e. The summed E-state index contributed by atoms with van der Waals surface area (Å²) in [4.78, 5) is 19.1. The Bertz CT molecular complexity index is 1140. The van der Waals surface area contributed by atoms with Crippen molar-refractivity contribution in [1.29, 1.82) is 0 Å². The number of rotatable bonds is 3. The van der Waals surface area contributed by atoms with Gasteiger partial charge in [-0.05, 0) is 38.1 Å². The van der Waals surface area contributed by atoms with E-state index in [-0.39, 0.29) is 24.1 Å². The maximum absolute atomic E-state index is 12.5. The summed E-state index contributed by atoms with van der Waals surface area (Å²) in [5.74, 6) is 0.722. The Balaban J connectivity index is 0.00000180. The standard InChI is InChI=1S/C19H17N3O3S.ClH/c1-11-9-22-10-16(21-19(22)26-11)15-6-12-2-3-13(7-17(12)25-18(15)23)24-14-4-5-20-8-14;/h2-3,6-7,9-10,14,20H,4-5,8H2,1H3;1H/t14-;/m1./s1. The molecular weight excluding hydrogens is 386 g/mol. The van der Waals surface area contributed by atoms with Gasteiger partial charge in [0.2, 0.25) is 0 Å². The number of benzene rings is 1. The van der Waals surface area contributed by atoms with Crippen molar-refractivity contribution in [2.24, 2.45) is 0 Å². The quantitative estimate of drug-likeness (QED) is 0.529. The second kappa shape index (κ2) is 6.99. The van der Waals surface area contributed by atoms with Gasteiger partial charge in [-0.1, -0.05) is 0 Å². The molecule has 0 amide bonds. The lowest BCUT2D eigenvalue weighted by Crippen LogP contribution is -2.19. The summed E-state index contributed by atoms with van der Waals surface area (Å²) >= 11 is 1.59. The predicted molar refractivity (Wildman–Crippen MR) is 108 cm³/mol. The van der Waals surface area contributed by atoms with Crippen molar-refractivity contribution in [3.05, 3.63) is 52.0 Å². The molecule has 0 spiro atoms. The van der Waals surface area contributed by atoms with Crippen LogP contribution in [0.15, 0.2) is 45.9 Å². The average Bonchev–Trinajstić information content (AvgIpc) is 3.30. The number of ether oxygens (including phenoxy) is 1. The first-order valence-corrected chi connectivity index (χ1v) is 9.38. The fourth-order valence-corrected chi connectivity index (χ4v) is 4.11. The first-order chi connectivity index (χ1) is 12.7. The number of imidazole rings is 1. The lowest BCUT2D eigenvalue weighted by molar-refractivity contribution is 0.223. The second-order valence-corrected chi connectivity index (χ2v) is 7.75. The third kappa shape index (κ3) is 3.34. The van der Waals surface area contributed by atoms with E-state index in [1.807, 2.05) is 41.9 Å². The minimum Gasteiger partial charge on any atom is -0.489 e. The molecule has 140 valence electrons. The Morgan fingerprint density at radius 2 is 2.22 bits per heavy atom. The van der Waals surface area contributed by atoms with Gasteiger partial charge in [-0.3, -0.25) is 4.40 Å². The summed E-state index contributed by atoms with van der Waals surface area (Å²) in [6.45, 7) is 3.85. The molecule has 0 bridgehead atoms. The van der Waals surface area contributed by atoms with Crippen molar-refractivity contribution in [2.75, 3.05) is 13.1 Å². The number of hydrogen-bond acceptors (Lipinski definition) is 6. The first-order valence-electron chi connectivity index (χ1n) is 8.56. The number of aryl methyl sites for hydroxylation is 1. The number of fused-ring (bicyclic) bond motifs is 2. The maximum Gasteiger partial charge on any atom is 0.345 e. The van der Waals surface area contributed by atoms with Crippen molar-refractivity contribution in [3.63, 3.8) is 0 Å². The second-order valence-electron chi connectivity index (χ2n) is 6.54. The van der Waals surface area contributed by atoms with Gasteiger partial charge in [0.25, 0.3) is 0 Å². The molecule has 27 heavy (non-hydrogen) atoms. The molecule has 0 unspecified atom stereocenters. The highest BCUT2D eigenvalue weighted by Crippen LogP contribution is 2.26. The topological polar surface area (TPSA) is 68.8 Å². The number of hydrogen-bond donors (Lipinski definition) is 1. The fourth-order valence-electron chi connectivity index (χ4n) is 3.31. The van der Waals surface area contributed by atoms with E-state index < -0.39 is 0 Å². The maximum atomic E-state index is 12.5. The summed E-state index contributed by atoms with van der Waals surface area (Å²) in [5, 5.41) is 4.12. The third-order valence-electron chi connectivity index (χ3n) is 4.57. The number of nitrogens with zero attached hydrogens (tertiary/aromatic N) is 2. The van der Waals surface area contributed by atoms with E-state index in [1.54, 1.807) is 17.4 Å². The summed E-state index contributed by atoms with van der Waals surface area (Å²) in [6, 6.07) is 7.46. The molecular formula is C19H18ClN3O3S. The first kappa shape index (κ1) is 18.0. The molecule has 1 aliphatic heterocycles. The zero-order chi connectivity index (χ0) is 17.7. The van der Waals surface area contributed by atoms with Crippen LogP contribution in [0.4, 0.5) is 0 Å². The molecule has 6 nitrogen and oxygen atoms in total. The Labute approximate surface area is 165 Å². The summed E-state index contributed by atoms with van der Waals surface area (Å²) in [6.07, 6.45) is 5.01. The molecule has 5 rings (SSSR count). The van der Waals surface area contributed by atoms with Gasteiger partial charge in [0, 0.05) is 35.3 Å². The summed E-state index contributed by atoms with van der Waals surface area (Å²) < 4.78 is 13.4. The van der Waals surface area contributed by atoms with Crippen LogP contribution >= 0.6 is 23.7 Å². The summed E-state index contributed by atoms with van der Waals surface area (Å²) in [5.41, 5.74) is 1.24. The highest BCUT2D eigenvalue weighted by Gasteiger charge is 2.17. The number of nitrogens with one attached hydrogen (secondary N) is 1. The molecule has 4 aromatic rings. The van der Waals surface area contributed by atoms with Crippen LogP contribution in [-0.2, 0) is 0 Å². The molecule has 1 atom stereocenters. The number of aromatic nitrogens is 2. The molecule has 1 saturated heterocycles. The van der Waals surface area contributed by atoms with E-state index in [1.165, 1.54) is 4.88 Å². The van der Waals surface area contributed by atoms with Crippen LogP contribution in [0.5, 0.6) is 5.75 Å². The Morgan fingerprint density at radius 1 is 1.33 bits per heavy atom. The van der Waals surface area contributed by atoms with E-state index in [2.05, 4.69) is 10.3 Å². The van der Waals surface area contributed by atoms with Crippen LogP contribution in [0, 0.1) is 6.92 Å². The zero-order valence-corrected chi connectivity index (χ0v) is 16.2. The average molecular weight is 404 g/mol. The third-order valence-corrected chi connectivity index (χ3v) is 5.48. The van der Waals surface area contributed by atoms with E-state index in [4.69, 9.17) is 9.15 Å². The molecule has 3 aromatic heterocycles. The van der Waals surface area contributed by atoms with Crippen LogP contribution < -0.4 is 15.7 Å². The van der Waals surface area contributed by atoms with Gasteiger partial charge in [0.1, 0.15) is 17.4 Å². The molecule has 0 saturated carbocycles. The molecule has 0 aliphatic carbocycles. The molecule has 4 heterocycles. The van der Waals surface area contributed by atoms with Crippen molar-refractivity contribution in [3.8, 4) is 17.0 Å². The van der Waals surface area contributed by atoms with Crippen molar-refractivity contribution in [2.45, 2.75) is 19.4 Å². The molecule has 0 radical (unpaired) electrons. The fraction of sp³-hybridized carbons (Fsp3) is 0.263. The molecule has 8 heteroatoms. The number of thiazole rings is 1. The highest BCUT2D eigenvalue weighted by atomic mass is 35.5. The van der Waals surface area contributed by atoms with E-state index in [0.29, 0.717) is 16.8 Å². The van der Waals surface area contributed by atoms with Gasteiger partial charge in [0.05, 0.1) is 11.3 Å². The van der Waals surface area contributed by atoms with Crippen LogP contribution in [0.25, 0.3) is 27.2 Å². The van der Waals surface area contributed by atoms with Crippen molar-refractivity contribution in [1.82, 2.24) is 14.7 Å². The van der Waals surface area contributed by atoms with Crippen molar-refractivity contribution >= 4 is 39.7 Å². The van der Waals surface area contributed by atoms with Gasteiger partial charge in [0.15, 0.2) is 4.96 Å². The van der Waals surface area contributed by atoms with Gasteiger partial charge in [-0.25, -0.2) is 9.78 Å². The van der Waals surface area contributed by atoms with Gasteiger partial charge < -0.3 is 14.5 Å². The lowest BCUT2D eigenvalue weighted by Gasteiger charge is -2.12. The van der Waals surface area contributed by atoms with Crippen LogP contribution in [0.2, 0.25) is 0 Å². The zero-order valence-electron chi connectivity index (χ0n) is 14.6. The lowest BCUT2D eigenvalue weighted by atomic mass is 10.1. The predicted octanol–water partition coefficient (Wildman–Crippen LogP) is 3.64. The van der Waals surface area contributed by atoms with Crippen LogP contribution in [0.3, 0.4) is 0 Å². The smallest absolute Gasteiger partial charge is 0.345 e. The molecule has 1 aliphatic rings. The Morgan fingerprint density at radius 3 is 3.00 bits per heavy atom. The monoisotopic (exact) mass is 403 g/mol. The highest BCUT2D eigenvalue weighted by molar-refractivity contribution is 7.17. The van der Waals surface area contributed by atoms with Gasteiger partial charge in [-0.15, -0.1) is 23.7 Å². The molecule has 1 fully saturated rings. The van der Waals surface area contributed by atoms with E-state index in [9.17, 15) is 4.79 Å². The molecule has 1 N–H and O–H groups in total. The Kier molecular flexibility index (Phi) is 4.67. The van der Waals surface area contributed by atoms with Crippen LogP contribution in [-0.4, -0.2) is 28.6 Å². The minimum atomic E-state index is -0.389. The SMILES string of the molecule is Cc1cn2cc(-c3cc4ccc(O[C@@H]5CCNC5)cc4oc3=O)nc2s1.Cl. The summed E-state index contributed by atoms with van der Waals surface area (Å²) in [7, 11) is 0. The van der Waals surface area contributed by atoms with Gasteiger partial charge in [-0.2, -0.15) is 0 Å². The van der Waals surface area contributed by atoms with E-state index >= 15 is 0 Å². The normalized spacial score (nSPS) is 16.7. The Hall–Kier alpha value is -2.35. The van der Waals surface area contributed by atoms with Gasteiger partial charge >= 0.3 is 5.63 Å². The van der Waals surface area contributed by atoms with E-state index in [0.717, 1.165) is 35.6 Å². The minimum absolute atomic E-state index is 0. The van der Waals surface area contributed by atoms with Crippen LogP contribution in [0.1, 0.15) is 11.3 Å².